The molecule has 1 heterocycles. The molecule has 2 bridgehead atoms. The Labute approximate surface area is 98.5 Å². The molecule has 3 aliphatic rings. The van der Waals surface area contributed by atoms with Crippen molar-refractivity contribution in [3.05, 3.63) is 0 Å². The lowest BCUT2D eigenvalue weighted by Crippen LogP contribution is -2.41. The van der Waals surface area contributed by atoms with Crippen molar-refractivity contribution in [2.75, 3.05) is 0 Å². The lowest BCUT2D eigenvalue weighted by atomic mass is 9.76. The average Bonchev–Trinajstić information content (AvgIpc) is 2.82. The molecule has 90 valence electrons. The van der Waals surface area contributed by atoms with Crippen LogP contribution in [0.2, 0.25) is 0 Å². The van der Waals surface area contributed by atoms with Crippen LogP contribution in [-0.2, 0) is 4.74 Å². The fourth-order valence-electron chi connectivity index (χ4n) is 4.06. The van der Waals surface area contributed by atoms with Crippen LogP contribution < -0.4 is 0 Å². The highest BCUT2D eigenvalue weighted by molar-refractivity contribution is 5.81. The number of aliphatic imine (C=N–C) groups is 1. The fourth-order valence-corrected chi connectivity index (χ4v) is 4.06. The zero-order valence-electron chi connectivity index (χ0n) is 10.9. The zero-order chi connectivity index (χ0) is 11.6. The zero-order valence-corrected chi connectivity index (χ0v) is 10.9. The largest absolute Gasteiger partial charge is 0.475 e. The molecule has 0 aromatic rings. The first-order chi connectivity index (χ1) is 7.51. The van der Waals surface area contributed by atoms with Crippen molar-refractivity contribution >= 4 is 5.90 Å². The van der Waals surface area contributed by atoms with Crippen molar-refractivity contribution < 1.29 is 4.74 Å². The minimum absolute atomic E-state index is 0.135. The number of fused-ring (bicyclic) bond motifs is 1. The number of nitrogens with zero attached hydrogens (tertiary/aromatic N) is 1. The van der Waals surface area contributed by atoms with E-state index >= 15 is 0 Å². The molecular weight excluding hydrogens is 198 g/mol. The van der Waals surface area contributed by atoms with E-state index in [1.807, 2.05) is 0 Å². The summed E-state index contributed by atoms with van der Waals surface area (Å²) >= 11 is 0. The monoisotopic (exact) mass is 221 g/mol. The number of hydrogen-bond donors (Lipinski definition) is 0. The Morgan fingerprint density at radius 1 is 1.50 bits per heavy atom. The van der Waals surface area contributed by atoms with Crippen LogP contribution in [0.3, 0.4) is 0 Å². The van der Waals surface area contributed by atoms with Crippen molar-refractivity contribution in [2.24, 2.45) is 22.2 Å². The summed E-state index contributed by atoms with van der Waals surface area (Å²) in [6.07, 6.45) is 5.35. The first-order valence-corrected chi connectivity index (χ1v) is 6.77. The summed E-state index contributed by atoms with van der Waals surface area (Å²) in [7, 11) is 0. The molecule has 0 radical (unpaired) electrons. The molecule has 2 heteroatoms. The van der Waals surface area contributed by atoms with Crippen LogP contribution in [0.15, 0.2) is 4.99 Å². The van der Waals surface area contributed by atoms with Crippen LogP contribution in [0.1, 0.15) is 53.4 Å². The van der Waals surface area contributed by atoms with Crippen LogP contribution in [0.5, 0.6) is 0 Å². The molecule has 0 N–H and O–H groups in total. The predicted molar refractivity (Wildman–Crippen MR) is 65.6 cm³/mol. The van der Waals surface area contributed by atoms with Crippen molar-refractivity contribution in [1.29, 1.82) is 0 Å². The van der Waals surface area contributed by atoms with Gasteiger partial charge in [0.15, 0.2) is 5.90 Å². The van der Waals surface area contributed by atoms with Gasteiger partial charge in [0, 0.05) is 5.92 Å². The van der Waals surface area contributed by atoms with Crippen LogP contribution in [-0.4, -0.2) is 17.5 Å². The Morgan fingerprint density at radius 3 is 2.81 bits per heavy atom. The van der Waals surface area contributed by atoms with Gasteiger partial charge in [0.1, 0.15) is 11.6 Å². The maximum Gasteiger partial charge on any atom is 0.187 e. The Kier molecular flexibility index (Phi) is 2.01. The maximum absolute atomic E-state index is 6.15. The van der Waals surface area contributed by atoms with Crippen molar-refractivity contribution in [2.45, 2.75) is 65.0 Å². The normalized spacial score (nSPS) is 45.1. The van der Waals surface area contributed by atoms with Gasteiger partial charge in [0.05, 0.1) is 0 Å². The van der Waals surface area contributed by atoms with E-state index in [4.69, 9.17) is 9.73 Å². The fraction of sp³-hybridized carbons (Fsp3) is 0.929. The Bertz CT molecular complexity index is 347. The lowest BCUT2D eigenvalue weighted by molar-refractivity contribution is 0.112. The molecule has 2 aliphatic carbocycles. The van der Waals surface area contributed by atoms with E-state index in [9.17, 15) is 0 Å². The SMILES string of the molecule is CCC(C)C1=N[C@]23CC[C@H](C[C@H]2O1)C3(C)C. The van der Waals surface area contributed by atoms with Gasteiger partial charge in [0.2, 0.25) is 0 Å². The van der Waals surface area contributed by atoms with E-state index in [0.29, 0.717) is 17.4 Å². The van der Waals surface area contributed by atoms with Gasteiger partial charge in [-0.25, -0.2) is 4.99 Å². The summed E-state index contributed by atoms with van der Waals surface area (Å²) in [5.74, 6) is 2.37. The molecule has 4 atom stereocenters. The van der Waals surface area contributed by atoms with E-state index in [2.05, 4.69) is 27.7 Å². The molecule has 2 nitrogen and oxygen atoms in total. The van der Waals surface area contributed by atoms with Gasteiger partial charge in [0.25, 0.3) is 0 Å². The van der Waals surface area contributed by atoms with Gasteiger partial charge in [-0.2, -0.15) is 0 Å². The minimum Gasteiger partial charge on any atom is -0.475 e. The molecule has 0 saturated heterocycles. The summed E-state index contributed by atoms with van der Waals surface area (Å²) in [6.45, 7) is 9.25. The van der Waals surface area contributed by atoms with E-state index in [0.717, 1.165) is 18.2 Å². The average molecular weight is 221 g/mol. The van der Waals surface area contributed by atoms with E-state index in [1.54, 1.807) is 0 Å². The highest BCUT2D eigenvalue weighted by Crippen LogP contribution is 2.64. The smallest absolute Gasteiger partial charge is 0.187 e. The molecule has 0 amide bonds. The highest BCUT2D eigenvalue weighted by Gasteiger charge is 2.68. The van der Waals surface area contributed by atoms with Gasteiger partial charge in [-0.05, 0) is 37.0 Å². The second-order valence-electron chi connectivity index (χ2n) is 6.48. The molecule has 2 saturated carbocycles. The third-order valence-electron chi connectivity index (χ3n) is 5.65. The molecule has 2 fully saturated rings. The molecule has 0 aromatic carbocycles. The number of ether oxygens (including phenoxy) is 1. The van der Waals surface area contributed by atoms with Gasteiger partial charge in [-0.15, -0.1) is 0 Å². The summed E-state index contributed by atoms with van der Waals surface area (Å²) in [4.78, 5) is 5.06. The Morgan fingerprint density at radius 2 is 2.25 bits per heavy atom. The summed E-state index contributed by atoms with van der Waals surface area (Å²) in [6, 6.07) is 0. The van der Waals surface area contributed by atoms with Crippen LogP contribution in [0.4, 0.5) is 0 Å². The van der Waals surface area contributed by atoms with Gasteiger partial charge < -0.3 is 4.74 Å². The first kappa shape index (κ1) is 10.6. The van der Waals surface area contributed by atoms with Crippen LogP contribution >= 0.6 is 0 Å². The number of rotatable bonds is 2. The quantitative estimate of drug-likeness (QED) is 0.700. The van der Waals surface area contributed by atoms with E-state index in [1.165, 1.54) is 19.3 Å². The maximum atomic E-state index is 6.15. The second kappa shape index (κ2) is 3.02. The van der Waals surface area contributed by atoms with Crippen LogP contribution in [0.25, 0.3) is 0 Å². The Balaban J connectivity index is 1.98. The second-order valence-corrected chi connectivity index (χ2v) is 6.48. The summed E-state index contributed by atoms with van der Waals surface area (Å²) in [5, 5.41) is 0. The van der Waals surface area contributed by atoms with Crippen LogP contribution in [0, 0.1) is 17.3 Å². The van der Waals surface area contributed by atoms with Gasteiger partial charge in [-0.1, -0.05) is 27.7 Å². The molecule has 0 aromatic heterocycles. The third kappa shape index (κ3) is 1.01. The topological polar surface area (TPSA) is 21.6 Å². The molecule has 1 spiro atoms. The van der Waals surface area contributed by atoms with Gasteiger partial charge in [-0.3, -0.25) is 0 Å². The predicted octanol–water partition coefficient (Wildman–Crippen LogP) is 3.41. The highest BCUT2D eigenvalue weighted by atomic mass is 16.5. The van der Waals surface area contributed by atoms with E-state index < -0.39 is 0 Å². The van der Waals surface area contributed by atoms with Crippen molar-refractivity contribution in [3.8, 4) is 0 Å². The molecule has 1 unspecified atom stereocenters. The number of hydrogen-bond acceptors (Lipinski definition) is 2. The van der Waals surface area contributed by atoms with Crippen molar-refractivity contribution in [1.82, 2.24) is 0 Å². The molecule has 1 aliphatic heterocycles. The molecule has 3 rings (SSSR count). The Hall–Kier alpha value is -0.530. The van der Waals surface area contributed by atoms with Gasteiger partial charge >= 0.3 is 0 Å². The summed E-state index contributed by atoms with van der Waals surface area (Å²) < 4.78 is 6.15. The summed E-state index contributed by atoms with van der Waals surface area (Å²) in [5.41, 5.74) is 0.489. The molecule has 16 heavy (non-hydrogen) atoms. The van der Waals surface area contributed by atoms with Crippen molar-refractivity contribution in [3.63, 3.8) is 0 Å². The first-order valence-electron chi connectivity index (χ1n) is 6.77. The minimum atomic E-state index is 0.135. The lowest BCUT2D eigenvalue weighted by Gasteiger charge is -2.33. The van der Waals surface area contributed by atoms with E-state index in [-0.39, 0.29) is 5.54 Å². The third-order valence-corrected chi connectivity index (χ3v) is 5.65. The molecular formula is C14H23NO. The standard InChI is InChI=1S/C14H23NO/c1-5-9(2)12-15-14-7-6-10(13(14,3)4)8-11(14)16-12/h9-11H,5-8H2,1-4H3/t9?,10-,11-,14-/m1/s1.